The van der Waals surface area contributed by atoms with Gasteiger partial charge in [-0.1, -0.05) is 48.5 Å². The number of hydrogen-bond donors (Lipinski definition) is 2. The monoisotopic (exact) mass is 312 g/mol. The van der Waals surface area contributed by atoms with Gasteiger partial charge in [0.05, 0.1) is 6.04 Å². The predicted molar refractivity (Wildman–Crippen MR) is 90.7 cm³/mol. The number of nitrogens with two attached hydrogens (primary N) is 1. The normalized spacial score (nSPS) is 18.3. The molecule has 2 aromatic carbocycles. The van der Waals surface area contributed by atoms with Crippen LogP contribution in [0.2, 0.25) is 0 Å². The molecular weight excluding hydrogens is 292 g/mol. The molecule has 3 N–H and O–H groups in total. The van der Waals surface area contributed by atoms with Crippen LogP contribution in [-0.4, -0.2) is 11.7 Å². The van der Waals surface area contributed by atoms with Crippen molar-refractivity contribution in [1.82, 2.24) is 5.32 Å². The van der Waals surface area contributed by atoms with E-state index < -0.39 is 0 Å². The van der Waals surface area contributed by atoms with Crippen LogP contribution in [0.1, 0.15) is 36.1 Å². The second-order valence-corrected chi connectivity index (χ2v) is 6.65. The molecule has 22 heavy (non-hydrogen) atoms. The summed E-state index contributed by atoms with van der Waals surface area (Å²) in [5.41, 5.74) is 8.35. The molecule has 0 aromatic heterocycles. The number of fused-ring (bicyclic) bond motifs is 1. The Hall–Kier alpha value is -1.78. The van der Waals surface area contributed by atoms with E-state index in [1.165, 1.54) is 10.5 Å². The highest BCUT2D eigenvalue weighted by molar-refractivity contribution is 7.99. The Balaban J connectivity index is 1.63. The number of rotatable bonds is 4. The summed E-state index contributed by atoms with van der Waals surface area (Å²) in [5, 5.41) is 3.14. The first-order chi connectivity index (χ1) is 10.7. The molecule has 3 nitrogen and oxygen atoms in total. The van der Waals surface area contributed by atoms with Crippen molar-refractivity contribution in [3.8, 4) is 0 Å². The standard InChI is InChI=1S/C18H20N2OS/c19-15(13-6-2-1-3-7-13)12-18(21)20-16-10-11-22-17-9-5-4-8-14(16)17/h1-9,15-16H,10-12,19H2,(H,20,21). The number of amides is 1. The smallest absolute Gasteiger partial charge is 0.222 e. The van der Waals surface area contributed by atoms with Crippen LogP contribution in [0.4, 0.5) is 0 Å². The van der Waals surface area contributed by atoms with Gasteiger partial charge in [0.2, 0.25) is 5.91 Å². The van der Waals surface area contributed by atoms with Crippen molar-refractivity contribution in [2.24, 2.45) is 5.73 Å². The molecule has 1 heterocycles. The molecular formula is C18H20N2OS. The largest absolute Gasteiger partial charge is 0.349 e. The second-order valence-electron chi connectivity index (χ2n) is 5.52. The number of nitrogens with one attached hydrogen (secondary N) is 1. The van der Waals surface area contributed by atoms with Crippen molar-refractivity contribution in [3.05, 3.63) is 65.7 Å². The summed E-state index contributed by atoms with van der Waals surface area (Å²) in [6, 6.07) is 17.9. The lowest BCUT2D eigenvalue weighted by Crippen LogP contribution is -2.32. The molecule has 114 valence electrons. The van der Waals surface area contributed by atoms with Crippen molar-refractivity contribution >= 4 is 17.7 Å². The minimum Gasteiger partial charge on any atom is -0.349 e. The first kappa shape index (κ1) is 15.1. The summed E-state index contributed by atoms with van der Waals surface area (Å²) >= 11 is 1.85. The molecule has 0 fully saturated rings. The predicted octanol–water partition coefficient (Wildman–Crippen LogP) is 3.43. The number of carbonyl (C=O) groups excluding carboxylic acids is 1. The van der Waals surface area contributed by atoms with Crippen LogP contribution in [0.5, 0.6) is 0 Å². The lowest BCUT2D eigenvalue weighted by atomic mass is 10.0. The molecule has 0 aliphatic carbocycles. The SMILES string of the molecule is NC(CC(=O)NC1CCSc2ccccc21)c1ccccc1. The number of hydrogen-bond acceptors (Lipinski definition) is 3. The van der Waals surface area contributed by atoms with E-state index in [0.717, 1.165) is 17.7 Å². The highest BCUT2D eigenvalue weighted by atomic mass is 32.2. The van der Waals surface area contributed by atoms with Crippen LogP contribution in [0.25, 0.3) is 0 Å². The molecule has 0 saturated heterocycles. The van der Waals surface area contributed by atoms with Gasteiger partial charge in [-0.3, -0.25) is 4.79 Å². The Labute approximate surface area is 135 Å². The van der Waals surface area contributed by atoms with Gasteiger partial charge in [0, 0.05) is 23.1 Å². The first-order valence-corrected chi connectivity index (χ1v) is 8.54. The lowest BCUT2D eigenvalue weighted by molar-refractivity contribution is -0.122. The minimum atomic E-state index is -0.255. The molecule has 2 atom stereocenters. The van der Waals surface area contributed by atoms with E-state index in [4.69, 9.17) is 5.73 Å². The Bertz CT molecular complexity index is 645. The van der Waals surface area contributed by atoms with Crippen LogP contribution in [0.3, 0.4) is 0 Å². The average Bonchev–Trinajstić information content (AvgIpc) is 2.56. The van der Waals surface area contributed by atoms with E-state index in [9.17, 15) is 4.79 Å². The maximum absolute atomic E-state index is 12.3. The quantitative estimate of drug-likeness (QED) is 0.909. The summed E-state index contributed by atoms with van der Waals surface area (Å²) < 4.78 is 0. The summed E-state index contributed by atoms with van der Waals surface area (Å²) in [5.74, 6) is 1.05. The van der Waals surface area contributed by atoms with E-state index >= 15 is 0 Å². The number of benzene rings is 2. The molecule has 1 amide bonds. The van der Waals surface area contributed by atoms with E-state index in [-0.39, 0.29) is 18.0 Å². The van der Waals surface area contributed by atoms with Gasteiger partial charge >= 0.3 is 0 Å². The fourth-order valence-corrected chi connectivity index (χ4v) is 3.89. The highest BCUT2D eigenvalue weighted by Gasteiger charge is 2.22. The summed E-state index contributed by atoms with van der Waals surface area (Å²) in [4.78, 5) is 13.6. The maximum atomic E-state index is 12.3. The lowest BCUT2D eigenvalue weighted by Gasteiger charge is -2.26. The fraction of sp³-hybridized carbons (Fsp3) is 0.278. The van der Waals surface area contributed by atoms with Crippen molar-refractivity contribution in [2.75, 3.05) is 5.75 Å². The second kappa shape index (κ2) is 6.99. The van der Waals surface area contributed by atoms with Gasteiger partial charge in [-0.2, -0.15) is 0 Å². The molecule has 0 spiro atoms. The number of carbonyl (C=O) groups is 1. The Morgan fingerprint density at radius 1 is 1.18 bits per heavy atom. The molecule has 1 aliphatic heterocycles. The molecule has 4 heteroatoms. The third-order valence-electron chi connectivity index (χ3n) is 3.93. The highest BCUT2D eigenvalue weighted by Crippen LogP contribution is 2.35. The van der Waals surface area contributed by atoms with Crippen molar-refractivity contribution < 1.29 is 4.79 Å². The maximum Gasteiger partial charge on any atom is 0.222 e. The van der Waals surface area contributed by atoms with E-state index in [0.29, 0.717) is 6.42 Å². The van der Waals surface area contributed by atoms with Gasteiger partial charge in [0.25, 0.3) is 0 Å². The zero-order valence-electron chi connectivity index (χ0n) is 12.4. The third-order valence-corrected chi connectivity index (χ3v) is 5.05. The van der Waals surface area contributed by atoms with Gasteiger partial charge < -0.3 is 11.1 Å². The Morgan fingerprint density at radius 3 is 2.73 bits per heavy atom. The van der Waals surface area contributed by atoms with Gasteiger partial charge in [0.15, 0.2) is 0 Å². The van der Waals surface area contributed by atoms with Gasteiger partial charge in [-0.05, 0) is 23.6 Å². The molecule has 0 radical (unpaired) electrons. The van der Waals surface area contributed by atoms with E-state index in [2.05, 4.69) is 17.4 Å². The van der Waals surface area contributed by atoms with E-state index in [1.807, 2.05) is 54.2 Å². The summed E-state index contributed by atoms with van der Waals surface area (Å²) in [7, 11) is 0. The Morgan fingerprint density at radius 2 is 1.91 bits per heavy atom. The van der Waals surface area contributed by atoms with Crippen LogP contribution in [0.15, 0.2) is 59.5 Å². The van der Waals surface area contributed by atoms with Gasteiger partial charge in [0.1, 0.15) is 0 Å². The Kier molecular flexibility index (Phi) is 4.80. The number of thioether (sulfide) groups is 1. The molecule has 0 bridgehead atoms. The van der Waals surface area contributed by atoms with Crippen LogP contribution in [-0.2, 0) is 4.79 Å². The first-order valence-electron chi connectivity index (χ1n) is 7.55. The van der Waals surface area contributed by atoms with Crippen LogP contribution >= 0.6 is 11.8 Å². The van der Waals surface area contributed by atoms with Crippen molar-refractivity contribution in [2.45, 2.75) is 29.8 Å². The van der Waals surface area contributed by atoms with Crippen LogP contribution < -0.4 is 11.1 Å². The zero-order chi connectivity index (χ0) is 15.4. The molecule has 3 rings (SSSR count). The molecule has 0 saturated carbocycles. The summed E-state index contributed by atoms with van der Waals surface area (Å²) in [6.45, 7) is 0. The molecule has 1 aliphatic rings. The summed E-state index contributed by atoms with van der Waals surface area (Å²) in [6.07, 6.45) is 1.28. The topological polar surface area (TPSA) is 55.1 Å². The van der Waals surface area contributed by atoms with Gasteiger partial charge in [-0.15, -0.1) is 11.8 Å². The molecule has 2 unspecified atom stereocenters. The van der Waals surface area contributed by atoms with E-state index in [1.54, 1.807) is 0 Å². The van der Waals surface area contributed by atoms with Crippen molar-refractivity contribution in [1.29, 1.82) is 0 Å². The minimum absolute atomic E-state index is 0.0167. The van der Waals surface area contributed by atoms with Gasteiger partial charge in [-0.25, -0.2) is 0 Å². The fourth-order valence-electron chi connectivity index (χ4n) is 2.76. The third kappa shape index (κ3) is 3.51. The zero-order valence-corrected chi connectivity index (χ0v) is 13.2. The average molecular weight is 312 g/mol. The molecule has 2 aromatic rings. The van der Waals surface area contributed by atoms with Crippen LogP contribution in [0, 0.1) is 0 Å². The van der Waals surface area contributed by atoms with Crippen molar-refractivity contribution in [3.63, 3.8) is 0 Å².